The molecule has 6 nitrogen and oxygen atoms in total. The summed E-state index contributed by atoms with van der Waals surface area (Å²) < 4.78 is 13.6. The molecule has 3 rings (SSSR count). The number of pyridine rings is 1. The van der Waals surface area contributed by atoms with Crippen LogP contribution in [0.1, 0.15) is 23.3 Å². The summed E-state index contributed by atoms with van der Waals surface area (Å²) in [5.74, 6) is -1.28. The summed E-state index contributed by atoms with van der Waals surface area (Å²) >= 11 is 0. The Kier molecular flexibility index (Phi) is 9.14. The molecule has 0 spiro atoms. The van der Waals surface area contributed by atoms with Crippen LogP contribution in [0.4, 0.5) is 15.8 Å². The van der Waals surface area contributed by atoms with Crippen molar-refractivity contribution in [3.8, 4) is 0 Å². The van der Waals surface area contributed by atoms with E-state index < -0.39 is 11.7 Å². The van der Waals surface area contributed by atoms with Gasteiger partial charge in [-0.3, -0.25) is 14.6 Å². The number of aromatic nitrogens is 1. The van der Waals surface area contributed by atoms with Crippen LogP contribution in [0.15, 0.2) is 42.6 Å². The fraction of sp³-hybridized carbons (Fsp3) is 0.278. The summed E-state index contributed by atoms with van der Waals surface area (Å²) in [6.07, 6.45) is 3.21. The van der Waals surface area contributed by atoms with E-state index in [2.05, 4.69) is 20.9 Å². The number of amides is 2. The van der Waals surface area contributed by atoms with Crippen LogP contribution in [0.25, 0.3) is 0 Å². The third-order valence-corrected chi connectivity index (χ3v) is 4.05. The molecule has 0 saturated carbocycles. The standard InChI is InChI=1S/C18H19FN4O2.2ClH/c19-13-6-7-14(22-18(25)15-5-1-2-9-21-15)16(10-13)23-17(24)12-4-3-8-20-11-12;;/h1-2,5-7,9-10,12,20H,3-4,8,11H2,(H,22,25)(H,23,24);2*1H. The molecule has 146 valence electrons. The summed E-state index contributed by atoms with van der Waals surface area (Å²) in [5.41, 5.74) is 0.801. The Bertz CT molecular complexity index is 771. The number of rotatable bonds is 4. The molecule has 9 heteroatoms. The van der Waals surface area contributed by atoms with Gasteiger partial charge >= 0.3 is 0 Å². The van der Waals surface area contributed by atoms with Gasteiger partial charge in [-0.25, -0.2) is 4.39 Å². The lowest BCUT2D eigenvalue weighted by molar-refractivity contribution is -0.120. The molecule has 27 heavy (non-hydrogen) atoms. The number of nitrogens with zero attached hydrogens (tertiary/aromatic N) is 1. The van der Waals surface area contributed by atoms with Crippen LogP contribution in [0.2, 0.25) is 0 Å². The zero-order valence-electron chi connectivity index (χ0n) is 14.4. The van der Waals surface area contributed by atoms with Gasteiger partial charge in [0.05, 0.1) is 17.3 Å². The number of hydrogen-bond donors (Lipinski definition) is 3. The number of nitrogens with one attached hydrogen (secondary N) is 3. The molecule has 1 aliphatic heterocycles. The molecule has 1 aromatic heterocycles. The van der Waals surface area contributed by atoms with Gasteiger partial charge in [-0.1, -0.05) is 6.07 Å². The van der Waals surface area contributed by atoms with E-state index in [-0.39, 0.29) is 48.0 Å². The Hall–Kier alpha value is -2.22. The normalized spacial score (nSPS) is 15.7. The Morgan fingerprint density at radius 1 is 1.11 bits per heavy atom. The molecule has 2 heterocycles. The van der Waals surface area contributed by atoms with Crippen molar-refractivity contribution in [3.63, 3.8) is 0 Å². The van der Waals surface area contributed by atoms with Gasteiger partial charge in [0.25, 0.3) is 5.91 Å². The number of carbonyl (C=O) groups is 2. The zero-order valence-corrected chi connectivity index (χ0v) is 16.0. The Labute approximate surface area is 169 Å². The first kappa shape index (κ1) is 22.8. The first-order chi connectivity index (χ1) is 12.1. The summed E-state index contributed by atoms with van der Waals surface area (Å²) in [5, 5.41) is 8.56. The topological polar surface area (TPSA) is 83.1 Å². The minimum Gasteiger partial charge on any atom is -0.324 e. The van der Waals surface area contributed by atoms with Gasteiger partial charge in [0, 0.05) is 12.7 Å². The maximum atomic E-state index is 13.6. The largest absolute Gasteiger partial charge is 0.324 e. The van der Waals surface area contributed by atoms with E-state index >= 15 is 0 Å². The lowest BCUT2D eigenvalue weighted by Gasteiger charge is -2.22. The fourth-order valence-electron chi connectivity index (χ4n) is 2.72. The SMILES string of the molecule is Cl.Cl.O=C(Nc1ccc(F)cc1NC(=O)C1CCCNC1)c1ccccn1. The monoisotopic (exact) mass is 414 g/mol. The van der Waals surface area contributed by atoms with Crippen LogP contribution in [-0.2, 0) is 4.79 Å². The van der Waals surface area contributed by atoms with Crippen LogP contribution in [-0.4, -0.2) is 29.9 Å². The third kappa shape index (κ3) is 6.16. The molecular weight excluding hydrogens is 394 g/mol. The third-order valence-electron chi connectivity index (χ3n) is 4.05. The lowest BCUT2D eigenvalue weighted by Crippen LogP contribution is -2.37. The molecule has 1 aliphatic rings. The van der Waals surface area contributed by atoms with Gasteiger partial charge < -0.3 is 16.0 Å². The van der Waals surface area contributed by atoms with Crippen molar-refractivity contribution >= 4 is 48.0 Å². The Balaban J connectivity index is 0.00000182. The van der Waals surface area contributed by atoms with Crippen LogP contribution in [0, 0.1) is 11.7 Å². The Morgan fingerprint density at radius 3 is 2.59 bits per heavy atom. The second kappa shape index (κ2) is 10.8. The predicted octanol–water partition coefficient (Wildman–Crippen LogP) is 3.25. The summed E-state index contributed by atoms with van der Waals surface area (Å²) in [6, 6.07) is 8.83. The second-order valence-corrected chi connectivity index (χ2v) is 5.89. The number of halogens is 3. The highest BCUT2D eigenvalue weighted by molar-refractivity contribution is 6.06. The highest BCUT2D eigenvalue weighted by atomic mass is 35.5. The molecule has 3 N–H and O–H groups in total. The van der Waals surface area contributed by atoms with E-state index in [1.807, 2.05) is 0 Å². The molecule has 2 aromatic rings. The van der Waals surface area contributed by atoms with Gasteiger partial charge in [-0.2, -0.15) is 0 Å². The van der Waals surface area contributed by atoms with Crippen molar-refractivity contribution in [2.24, 2.45) is 5.92 Å². The molecule has 1 fully saturated rings. The molecule has 1 unspecified atom stereocenters. The first-order valence-electron chi connectivity index (χ1n) is 8.17. The van der Waals surface area contributed by atoms with Crippen molar-refractivity contribution in [2.75, 3.05) is 23.7 Å². The van der Waals surface area contributed by atoms with Crippen LogP contribution >= 0.6 is 24.8 Å². The maximum Gasteiger partial charge on any atom is 0.274 e. The number of piperidine rings is 1. The van der Waals surface area contributed by atoms with Crippen LogP contribution in [0.5, 0.6) is 0 Å². The molecule has 2 amide bonds. The molecule has 1 aromatic carbocycles. The number of anilines is 2. The van der Waals surface area contributed by atoms with Crippen molar-refractivity contribution < 1.29 is 14.0 Å². The average molecular weight is 415 g/mol. The summed E-state index contributed by atoms with van der Waals surface area (Å²) in [6.45, 7) is 1.49. The highest BCUT2D eigenvalue weighted by Crippen LogP contribution is 2.25. The number of hydrogen-bond acceptors (Lipinski definition) is 4. The van der Waals surface area contributed by atoms with E-state index in [9.17, 15) is 14.0 Å². The number of benzene rings is 1. The average Bonchev–Trinajstić information content (AvgIpc) is 2.65. The van der Waals surface area contributed by atoms with Gasteiger partial charge in [-0.05, 0) is 49.7 Å². The van der Waals surface area contributed by atoms with Crippen LogP contribution < -0.4 is 16.0 Å². The van der Waals surface area contributed by atoms with Gasteiger partial charge in [0.2, 0.25) is 5.91 Å². The van der Waals surface area contributed by atoms with Gasteiger partial charge in [-0.15, -0.1) is 24.8 Å². The molecule has 0 radical (unpaired) electrons. The summed E-state index contributed by atoms with van der Waals surface area (Å²) in [7, 11) is 0. The Morgan fingerprint density at radius 2 is 1.93 bits per heavy atom. The minimum absolute atomic E-state index is 0. The molecular formula is C18H21Cl2FN4O2. The number of carbonyl (C=O) groups excluding carboxylic acids is 2. The smallest absolute Gasteiger partial charge is 0.274 e. The van der Waals surface area contributed by atoms with Gasteiger partial charge in [0.15, 0.2) is 0 Å². The van der Waals surface area contributed by atoms with E-state index in [0.29, 0.717) is 12.2 Å². The zero-order chi connectivity index (χ0) is 17.6. The van der Waals surface area contributed by atoms with Crippen LogP contribution in [0.3, 0.4) is 0 Å². The van der Waals surface area contributed by atoms with E-state index in [1.54, 1.807) is 18.2 Å². The maximum absolute atomic E-state index is 13.6. The first-order valence-corrected chi connectivity index (χ1v) is 8.17. The van der Waals surface area contributed by atoms with Crippen molar-refractivity contribution in [1.82, 2.24) is 10.3 Å². The summed E-state index contributed by atoms with van der Waals surface area (Å²) in [4.78, 5) is 28.6. The highest BCUT2D eigenvalue weighted by Gasteiger charge is 2.22. The molecule has 0 aliphatic carbocycles. The minimum atomic E-state index is -0.493. The van der Waals surface area contributed by atoms with Crippen molar-refractivity contribution in [3.05, 3.63) is 54.1 Å². The van der Waals surface area contributed by atoms with E-state index in [1.165, 1.54) is 24.4 Å². The fourth-order valence-corrected chi connectivity index (χ4v) is 2.72. The van der Waals surface area contributed by atoms with Crippen molar-refractivity contribution in [2.45, 2.75) is 12.8 Å². The quantitative estimate of drug-likeness (QED) is 0.716. The molecule has 0 bridgehead atoms. The molecule has 1 atom stereocenters. The van der Waals surface area contributed by atoms with Gasteiger partial charge in [0.1, 0.15) is 11.5 Å². The van der Waals surface area contributed by atoms with E-state index in [0.717, 1.165) is 19.4 Å². The van der Waals surface area contributed by atoms with Crippen molar-refractivity contribution in [1.29, 1.82) is 0 Å². The predicted molar refractivity (Wildman–Crippen MR) is 107 cm³/mol. The molecule has 1 saturated heterocycles. The van der Waals surface area contributed by atoms with E-state index in [4.69, 9.17) is 0 Å². The lowest BCUT2D eigenvalue weighted by atomic mass is 9.98. The second-order valence-electron chi connectivity index (χ2n) is 5.89.